The number of benzene rings is 1. The Morgan fingerprint density at radius 1 is 1.21 bits per heavy atom. The molecule has 0 fully saturated rings. The molecule has 1 N–H and O–H groups in total. The Morgan fingerprint density at radius 2 is 1.84 bits per heavy atom. The van der Waals surface area contributed by atoms with Crippen LogP contribution in [0.2, 0.25) is 0 Å². The van der Waals surface area contributed by atoms with Gasteiger partial charge in [-0.05, 0) is 32.0 Å². The number of halogens is 3. The number of nitrogens with one attached hydrogen (secondary N) is 1. The summed E-state index contributed by atoms with van der Waals surface area (Å²) in [5.41, 5.74) is -2.31. The van der Waals surface area contributed by atoms with Gasteiger partial charge in [-0.15, -0.1) is 0 Å². The highest BCUT2D eigenvalue weighted by Gasteiger charge is 2.30. The molecule has 0 spiro atoms. The number of hydrogen-bond donors (Lipinski definition) is 1. The van der Waals surface area contributed by atoms with Gasteiger partial charge in [0.15, 0.2) is 0 Å². The molecular weight excluding hydrogens is 261 g/mol. The van der Waals surface area contributed by atoms with Gasteiger partial charge < -0.3 is 4.98 Å². The predicted molar refractivity (Wildman–Crippen MR) is 64.2 cm³/mol. The lowest BCUT2D eigenvalue weighted by Crippen LogP contribution is -2.37. The van der Waals surface area contributed by atoms with E-state index in [0.717, 1.165) is 12.1 Å². The number of alkyl halides is 3. The first-order valence-corrected chi connectivity index (χ1v) is 5.57. The van der Waals surface area contributed by atoms with Gasteiger partial charge >= 0.3 is 17.3 Å². The van der Waals surface area contributed by atoms with Gasteiger partial charge in [-0.1, -0.05) is 0 Å². The summed E-state index contributed by atoms with van der Waals surface area (Å²) in [5, 5.41) is 0. The molecule has 19 heavy (non-hydrogen) atoms. The van der Waals surface area contributed by atoms with Crippen molar-refractivity contribution in [2.75, 3.05) is 0 Å². The molecule has 0 radical (unpaired) electrons. The van der Waals surface area contributed by atoms with Crippen molar-refractivity contribution in [3.05, 3.63) is 44.5 Å². The molecule has 2 rings (SSSR count). The van der Waals surface area contributed by atoms with Crippen LogP contribution in [-0.4, -0.2) is 9.55 Å². The SMILES string of the molecule is CC(C)n1c(=O)c(=O)[nH]c2cc(C(F)(F)F)ccc21. The summed E-state index contributed by atoms with van der Waals surface area (Å²) in [6.45, 7) is 3.36. The van der Waals surface area contributed by atoms with Gasteiger partial charge in [0.05, 0.1) is 16.6 Å². The average Bonchev–Trinajstić information content (AvgIpc) is 2.28. The summed E-state index contributed by atoms with van der Waals surface area (Å²) in [5.74, 6) is 0. The minimum Gasteiger partial charge on any atom is -0.316 e. The van der Waals surface area contributed by atoms with Crippen molar-refractivity contribution in [2.24, 2.45) is 0 Å². The van der Waals surface area contributed by atoms with Crippen LogP contribution in [0.4, 0.5) is 13.2 Å². The molecule has 0 amide bonds. The third kappa shape index (κ3) is 2.27. The minimum atomic E-state index is -4.50. The molecule has 102 valence electrons. The van der Waals surface area contributed by atoms with Gasteiger partial charge in [-0.2, -0.15) is 13.2 Å². The molecule has 1 aromatic heterocycles. The van der Waals surface area contributed by atoms with Gasteiger partial charge in [0.25, 0.3) is 0 Å². The van der Waals surface area contributed by atoms with Crippen LogP contribution < -0.4 is 11.1 Å². The monoisotopic (exact) mass is 272 g/mol. The normalized spacial score (nSPS) is 12.3. The van der Waals surface area contributed by atoms with Crippen molar-refractivity contribution in [3.8, 4) is 0 Å². The second-order valence-corrected chi connectivity index (χ2v) is 4.45. The third-order valence-corrected chi connectivity index (χ3v) is 2.76. The fourth-order valence-corrected chi connectivity index (χ4v) is 1.93. The van der Waals surface area contributed by atoms with Crippen LogP contribution in [0.1, 0.15) is 25.5 Å². The van der Waals surface area contributed by atoms with Crippen LogP contribution in [0.3, 0.4) is 0 Å². The number of rotatable bonds is 1. The van der Waals surface area contributed by atoms with Gasteiger partial charge in [0.2, 0.25) is 0 Å². The smallest absolute Gasteiger partial charge is 0.316 e. The number of H-pyrrole nitrogens is 1. The van der Waals surface area contributed by atoms with E-state index >= 15 is 0 Å². The van der Waals surface area contributed by atoms with E-state index in [4.69, 9.17) is 0 Å². The molecule has 4 nitrogen and oxygen atoms in total. The molecule has 1 aromatic carbocycles. The highest BCUT2D eigenvalue weighted by Crippen LogP contribution is 2.30. The molecule has 7 heteroatoms. The summed E-state index contributed by atoms with van der Waals surface area (Å²) in [6.07, 6.45) is -4.50. The topological polar surface area (TPSA) is 54.9 Å². The molecule has 0 aliphatic carbocycles. The largest absolute Gasteiger partial charge is 0.416 e. The number of nitrogens with zero attached hydrogens (tertiary/aromatic N) is 1. The molecular formula is C12H11F3N2O2. The Labute approximate surface area is 105 Å². The van der Waals surface area contributed by atoms with E-state index < -0.39 is 22.9 Å². The maximum atomic E-state index is 12.6. The lowest BCUT2D eigenvalue weighted by Gasteiger charge is -2.14. The highest BCUT2D eigenvalue weighted by atomic mass is 19.4. The minimum absolute atomic E-state index is 0.00637. The van der Waals surface area contributed by atoms with Crippen LogP contribution in [0.5, 0.6) is 0 Å². The molecule has 0 bridgehead atoms. The van der Waals surface area contributed by atoms with Crippen LogP contribution in [0, 0.1) is 0 Å². The van der Waals surface area contributed by atoms with Crippen LogP contribution in [-0.2, 0) is 6.18 Å². The Kier molecular flexibility index (Phi) is 3.00. The van der Waals surface area contributed by atoms with Crippen molar-refractivity contribution in [1.29, 1.82) is 0 Å². The Morgan fingerprint density at radius 3 is 2.37 bits per heavy atom. The van der Waals surface area contributed by atoms with Gasteiger partial charge in [0.1, 0.15) is 0 Å². The third-order valence-electron chi connectivity index (χ3n) is 2.76. The van der Waals surface area contributed by atoms with Crippen LogP contribution in [0.15, 0.2) is 27.8 Å². The Balaban J connectivity index is 2.87. The number of fused-ring (bicyclic) bond motifs is 1. The van der Waals surface area contributed by atoms with Crippen LogP contribution in [0.25, 0.3) is 11.0 Å². The number of aromatic nitrogens is 2. The number of aromatic amines is 1. The van der Waals surface area contributed by atoms with E-state index in [1.165, 1.54) is 10.6 Å². The van der Waals surface area contributed by atoms with E-state index in [1.807, 2.05) is 0 Å². The molecule has 0 aliphatic heterocycles. The molecule has 1 heterocycles. The summed E-state index contributed by atoms with van der Waals surface area (Å²) >= 11 is 0. The zero-order chi connectivity index (χ0) is 14.4. The van der Waals surface area contributed by atoms with E-state index in [9.17, 15) is 22.8 Å². The second-order valence-electron chi connectivity index (χ2n) is 4.45. The van der Waals surface area contributed by atoms with Crippen molar-refractivity contribution < 1.29 is 13.2 Å². The number of hydrogen-bond acceptors (Lipinski definition) is 2. The quantitative estimate of drug-likeness (QED) is 0.810. The predicted octanol–water partition coefficient (Wildman–Crippen LogP) is 2.29. The lowest BCUT2D eigenvalue weighted by molar-refractivity contribution is -0.137. The fraction of sp³-hybridized carbons (Fsp3) is 0.333. The van der Waals surface area contributed by atoms with Crippen LogP contribution >= 0.6 is 0 Å². The molecule has 0 saturated heterocycles. The first-order chi connectivity index (χ1) is 8.71. The summed E-state index contributed by atoms with van der Waals surface area (Å²) in [4.78, 5) is 25.3. The zero-order valence-corrected chi connectivity index (χ0v) is 10.2. The van der Waals surface area contributed by atoms with Gasteiger partial charge in [-0.3, -0.25) is 14.2 Å². The summed E-state index contributed by atoms with van der Waals surface area (Å²) in [6, 6.07) is 2.58. The Bertz CT molecular complexity index is 741. The first-order valence-electron chi connectivity index (χ1n) is 5.57. The average molecular weight is 272 g/mol. The van der Waals surface area contributed by atoms with E-state index in [2.05, 4.69) is 4.98 Å². The highest BCUT2D eigenvalue weighted by molar-refractivity contribution is 5.75. The van der Waals surface area contributed by atoms with Crippen molar-refractivity contribution in [2.45, 2.75) is 26.1 Å². The maximum absolute atomic E-state index is 12.6. The first kappa shape index (κ1) is 13.4. The fourth-order valence-electron chi connectivity index (χ4n) is 1.93. The molecule has 0 atom stereocenters. The van der Waals surface area contributed by atoms with Crippen molar-refractivity contribution in [1.82, 2.24) is 9.55 Å². The molecule has 0 unspecified atom stereocenters. The van der Waals surface area contributed by atoms with Crippen molar-refractivity contribution in [3.63, 3.8) is 0 Å². The zero-order valence-electron chi connectivity index (χ0n) is 10.2. The van der Waals surface area contributed by atoms with Gasteiger partial charge in [0, 0.05) is 6.04 Å². The summed E-state index contributed by atoms with van der Waals surface area (Å²) in [7, 11) is 0. The summed E-state index contributed by atoms with van der Waals surface area (Å²) < 4.78 is 39.0. The molecule has 0 saturated carbocycles. The Hall–Kier alpha value is -2.05. The van der Waals surface area contributed by atoms with Crippen molar-refractivity contribution >= 4 is 11.0 Å². The van der Waals surface area contributed by atoms with E-state index in [-0.39, 0.29) is 17.1 Å². The molecule has 0 aliphatic rings. The standard InChI is InChI=1S/C12H11F3N2O2/c1-6(2)17-9-4-3-7(12(13,14)15)5-8(9)16-10(18)11(17)19/h3-6H,1-2H3,(H,16,18). The molecule has 2 aromatic rings. The maximum Gasteiger partial charge on any atom is 0.416 e. The lowest BCUT2D eigenvalue weighted by atomic mass is 10.1. The van der Waals surface area contributed by atoms with E-state index in [1.54, 1.807) is 13.8 Å². The second kappa shape index (κ2) is 4.25. The van der Waals surface area contributed by atoms with Gasteiger partial charge in [-0.25, -0.2) is 0 Å². The van der Waals surface area contributed by atoms with E-state index in [0.29, 0.717) is 0 Å².